The van der Waals surface area contributed by atoms with Crippen molar-refractivity contribution in [3.05, 3.63) is 77.9 Å². The summed E-state index contributed by atoms with van der Waals surface area (Å²) in [7, 11) is 6.94. The Balaban J connectivity index is 1.77. The molecule has 2 aromatic rings. The number of carboxylic acid groups (broad SMARTS) is 1. The lowest BCUT2D eigenvalue weighted by atomic mass is 9.83. The van der Waals surface area contributed by atoms with Crippen molar-refractivity contribution >= 4 is 35.4 Å². The highest BCUT2D eigenvalue weighted by atomic mass is 16.5. The zero-order chi connectivity index (χ0) is 48.2. The van der Waals surface area contributed by atoms with E-state index in [2.05, 4.69) is 55.2 Å². The SMILES string of the molecule is CC[C@H](C)[C@@H]([C@@H](CC(=O)N1CCC[C@H]1[C@H](OC)[C@@H](C)C(=O)C[C@H](/C=C/c1ccccc1)Cc1ccccc1)OC)N(C)C(=O)[C@@H](CC(=O)[C@H](C(C)C)N(C)CCCCCC(=O)O)C(C)C. The lowest BCUT2D eigenvalue weighted by molar-refractivity contribution is -0.149. The second-order valence-electron chi connectivity index (χ2n) is 19.4. The molecule has 0 aliphatic carbocycles. The van der Waals surface area contributed by atoms with E-state index in [0.29, 0.717) is 25.9 Å². The molecule has 11 heteroatoms. The third-order valence-corrected chi connectivity index (χ3v) is 13.9. The van der Waals surface area contributed by atoms with Gasteiger partial charge in [0.1, 0.15) is 5.78 Å². The van der Waals surface area contributed by atoms with Crippen LogP contribution in [0.25, 0.3) is 6.08 Å². The standard InChI is InChI=1S/C54H83N3O8/c1-12-39(6)52(56(9)54(63)44(37(2)3)35-47(59)51(38(4)5)55(8)31-21-15-20-28-50(61)62)48(64-10)36-49(60)57-32-22-27-45(57)53(65-11)40(7)46(58)34-43(33-42-25-18-14-19-26-42)30-29-41-23-16-13-17-24-41/h13-14,16-19,23-26,29-30,37-40,43-45,48,51-53H,12,15,20-22,27-28,31-36H2,1-11H3,(H,61,62)/b30-29+/t39-,40-,43+,44-,45-,48+,51-,52-,53+/m0/s1. The smallest absolute Gasteiger partial charge is 0.303 e. The summed E-state index contributed by atoms with van der Waals surface area (Å²) in [6, 6.07) is 19.2. The molecule has 0 spiro atoms. The predicted octanol–water partition coefficient (Wildman–Crippen LogP) is 9.27. The lowest BCUT2D eigenvalue weighted by Gasteiger charge is -2.41. The maximum atomic E-state index is 14.6. The third kappa shape index (κ3) is 16.9. The van der Waals surface area contributed by atoms with Crippen molar-refractivity contribution < 1.29 is 38.6 Å². The fraction of sp³-hybridized carbons (Fsp3) is 0.648. The van der Waals surface area contributed by atoms with Gasteiger partial charge in [-0.2, -0.15) is 0 Å². The van der Waals surface area contributed by atoms with Gasteiger partial charge >= 0.3 is 5.97 Å². The predicted molar refractivity (Wildman–Crippen MR) is 260 cm³/mol. The van der Waals surface area contributed by atoms with Gasteiger partial charge in [-0.15, -0.1) is 0 Å². The molecule has 1 fully saturated rings. The Morgan fingerprint density at radius 1 is 0.815 bits per heavy atom. The molecule has 2 amide bonds. The Hall–Kier alpha value is -4.19. The number of Topliss-reactive ketones (excluding diaryl/α,β-unsaturated/α-hetero) is 2. The van der Waals surface area contributed by atoms with Crippen LogP contribution < -0.4 is 0 Å². The van der Waals surface area contributed by atoms with E-state index in [4.69, 9.17) is 14.6 Å². The fourth-order valence-corrected chi connectivity index (χ4v) is 10.0. The fourth-order valence-electron chi connectivity index (χ4n) is 10.0. The Labute approximate surface area is 391 Å². The van der Waals surface area contributed by atoms with Crippen molar-refractivity contribution in [1.82, 2.24) is 14.7 Å². The van der Waals surface area contributed by atoms with E-state index in [1.165, 1.54) is 0 Å². The Morgan fingerprint density at radius 3 is 2.03 bits per heavy atom. The van der Waals surface area contributed by atoms with Crippen LogP contribution >= 0.6 is 0 Å². The second-order valence-corrected chi connectivity index (χ2v) is 19.4. The topological polar surface area (TPSA) is 134 Å². The van der Waals surface area contributed by atoms with E-state index in [9.17, 15) is 24.0 Å². The number of rotatable bonds is 30. The van der Waals surface area contributed by atoms with Gasteiger partial charge in [0.25, 0.3) is 0 Å². The normalized spacial score (nSPS) is 18.1. The van der Waals surface area contributed by atoms with E-state index in [0.717, 1.165) is 49.7 Å². The summed E-state index contributed by atoms with van der Waals surface area (Å²) >= 11 is 0. The minimum absolute atomic E-state index is 0.0144. The number of likely N-dealkylation sites (N-methyl/N-ethyl adjacent to an activating group) is 2. The van der Waals surface area contributed by atoms with Crippen molar-refractivity contribution in [2.75, 3.05) is 41.4 Å². The van der Waals surface area contributed by atoms with Crippen molar-refractivity contribution in [1.29, 1.82) is 0 Å². The molecule has 0 radical (unpaired) electrons. The first-order valence-corrected chi connectivity index (χ1v) is 24.3. The minimum atomic E-state index is -0.801. The van der Waals surface area contributed by atoms with Crippen LogP contribution in [0.1, 0.15) is 124 Å². The molecule has 0 saturated carbocycles. The number of unbranched alkanes of at least 4 members (excludes halogenated alkanes) is 2. The molecule has 3 rings (SSSR count). The van der Waals surface area contributed by atoms with Crippen LogP contribution in [0, 0.1) is 35.5 Å². The first kappa shape index (κ1) is 55.1. The first-order chi connectivity index (χ1) is 30.9. The van der Waals surface area contributed by atoms with E-state index < -0.39 is 36.1 Å². The number of carbonyl (C=O) groups excluding carboxylic acids is 4. The quantitative estimate of drug-likeness (QED) is 0.0762. The van der Waals surface area contributed by atoms with Gasteiger partial charge in [-0.05, 0) is 80.5 Å². The number of amides is 2. The molecule has 9 atom stereocenters. The Bertz CT molecular complexity index is 1780. The van der Waals surface area contributed by atoms with Crippen LogP contribution in [0.4, 0.5) is 0 Å². The number of allylic oxidation sites excluding steroid dienone is 1. The summed E-state index contributed by atoms with van der Waals surface area (Å²) in [5.41, 5.74) is 2.24. The molecule has 0 bridgehead atoms. The van der Waals surface area contributed by atoms with Gasteiger partial charge in [0.2, 0.25) is 11.8 Å². The molecule has 11 nitrogen and oxygen atoms in total. The number of carbonyl (C=O) groups is 5. The second kappa shape index (κ2) is 28.1. The van der Waals surface area contributed by atoms with E-state index in [1.807, 2.05) is 83.0 Å². The van der Waals surface area contributed by atoms with Crippen LogP contribution in [0.5, 0.6) is 0 Å². The molecule has 1 aliphatic rings. The highest BCUT2D eigenvalue weighted by Crippen LogP contribution is 2.32. The largest absolute Gasteiger partial charge is 0.481 e. The van der Waals surface area contributed by atoms with Crippen LogP contribution in [0.2, 0.25) is 0 Å². The molecular formula is C54H83N3O8. The number of hydrogen-bond acceptors (Lipinski definition) is 8. The summed E-state index contributed by atoms with van der Waals surface area (Å²) in [5.74, 6) is -2.06. The number of aliphatic carboxylic acids is 1. The average molecular weight is 902 g/mol. The van der Waals surface area contributed by atoms with Gasteiger partial charge < -0.3 is 24.4 Å². The first-order valence-electron chi connectivity index (χ1n) is 24.3. The van der Waals surface area contributed by atoms with Crippen molar-refractivity contribution in [3.8, 4) is 0 Å². The Morgan fingerprint density at radius 2 is 1.46 bits per heavy atom. The summed E-state index contributed by atoms with van der Waals surface area (Å²) in [4.78, 5) is 74.0. The van der Waals surface area contributed by atoms with Crippen LogP contribution in [-0.2, 0) is 39.9 Å². The lowest BCUT2D eigenvalue weighted by Crippen LogP contribution is -2.54. The van der Waals surface area contributed by atoms with E-state index in [-0.39, 0.29) is 78.4 Å². The van der Waals surface area contributed by atoms with Crippen LogP contribution in [0.3, 0.4) is 0 Å². The van der Waals surface area contributed by atoms with Crippen molar-refractivity contribution in [2.45, 2.75) is 149 Å². The highest BCUT2D eigenvalue weighted by Gasteiger charge is 2.43. The van der Waals surface area contributed by atoms with Gasteiger partial charge in [0.15, 0.2) is 5.78 Å². The molecule has 1 N–H and O–H groups in total. The Kier molecular flexibility index (Phi) is 23.8. The molecule has 65 heavy (non-hydrogen) atoms. The number of likely N-dealkylation sites (tertiary alicyclic amines) is 1. The molecule has 0 unspecified atom stereocenters. The molecule has 362 valence electrons. The van der Waals surface area contributed by atoms with Gasteiger partial charge in [0, 0.05) is 58.9 Å². The molecule has 1 heterocycles. The van der Waals surface area contributed by atoms with Crippen LogP contribution in [0.15, 0.2) is 66.7 Å². The minimum Gasteiger partial charge on any atom is -0.481 e. The molecule has 1 saturated heterocycles. The average Bonchev–Trinajstić information content (AvgIpc) is 3.77. The maximum Gasteiger partial charge on any atom is 0.303 e. The summed E-state index contributed by atoms with van der Waals surface area (Å²) in [6.07, 6.45) is 8.89. The molecule has 2 aromatic carbocycles. The highest BCUT2D eigenvalue weighted by molar-refractivity contribution is 5.90. The van der Waals surface area contributed by atoms with Crippen LogP contribution in [-0.4, -0.2) is 121 Å². The number of carboxylic acids is 1. The van der Waals surface area contributed by atoms with Gasteiger partial charge in [-0.3, -0.25) is 28.9 Å². The summed E-state index contributed by atoms with van der Waals surface area (Å²) in [6.45, 7) is 15.3. The number of ketones is 2. The van der Waals surface area contributed by atoms with Crippen molar-refractivity contribution in [3.63, 3.8) is 0 Å². The van der Waals surface area contributed by atoms with Crippen molar-refractivity contribution in [2.24, 2.45) is 35.5 Å². The number of hydrogen-bond donors (Lipinski definition) is 1. The van der Waals surface area contributed by atoms with Gasteiger partial charge in [-0.25, -0.2) is 0 Å². The van der Waals surface area contributed by atoms with Gasteiger partial charge in [0.05, 0.1) is 36.8 Å². The summed E-state index contributed by atoms with van der Waals surface area (Å²) in [5, 5.41) is 9.00. The number of benzene rings is 2. The maximum absolute atomic E-state index is 14.6. The molecule has 1 aliphatic heterocycles. The number of methoxy groups -OCH3 is 2. The van der Waals surface area contributed by atoms with E-state index >= 15 is 0 Å². The molecule has 0 aromatic heterocycles. The zero-order valence-electron chi connectivity index (χ0n) is 41.6. The summed E-state index contributed by atoms with van der Waals surface area (Å²) < 4.78 is 12.3. The number of nitrogens with zero attached hydrogens (tertiary/aromatic N) is 3. The number of ether oxygens (including phenoxy) is 2. The third-order valence-electron chi connectivity index (χ3n) is 13.9. The van der Waals surface area contributed by atoms with Gasteiger partial charge in [-0.1, -0.05) is 134 Å². The van der Waals surface area contributed by atoms with E-state index in [1.54, 1.807) is 26.2 Å². The monoisotopic (exact) mass is 902 g/mol. The molecular weight excluding hydrogens is 819 g/mol. The zero-order valence-corrected chi connectivity index (χ0v) is 41.6.